The van der Waals surface area contributed by atoms with E-state index in [4.69, 9.17) is 21.3 Å². The molecule has 4 aromatic rings. The monoisotopic (exact) mass is 470 g/mol. The van der Waals surface area contributed by atoms with Gasteiger partial charge in [-0.05, 0) is 47.5 Å². The van der Waals surface area contributed by atoms with Crippen molar-refractivity contribution in [3.63, 3.8) is 0 Å². The molecular weight excluding hydrogens is 446 g/mol. The Kier molecular flexibility index (Phi) is 9.09. The summed E-state index contributed by atoms with van der Waals surface area (Å²) < 4.78 is 39.9. The molecule has 176 valence electrons. The van der Waals surface area contributed by atoms with Crippen LogP contribution in [0.2, 0.25) is 0 Å². The van der Waals surface area contributed by atoms with E-state index in [9.17, 15) is 8.78 Å². The van der Waals surface area contributed by atoms with Crippen molar-refractivity contribution in [3.8, 4) is 39.8 Å². The first-order valence-corrected chi connectivity index (χ1v) is 9.90. The van der Waals surface area contributed by atoms with E-state index in [1.807, 2.05) is 6.07 Å². The average Bonchev–Trinajstić information content (AvgIpc) is 2.84. The number of hydrogen-bond acceptors (Lipinski definition) is 3. The summed E-state index contributed by atoms with van der Waals surface area (Å²) in [6.45, 7) is 6.76. The molecule has 0 aliphatic rings. The topological polar surface area (TPSA) is 46.6 Å². The maximum atomic E-state index is 14.5. The van der Waals surface area contributed by atoms with Crippen molar-refractivity contribution in [1.29, 1.82) is 5.26 Å². The Labute approximate surface area is 204 Å². The summed E-state index contributed by atoms with van der Waals surface area (Å²) >= 11 is 0. The van der Waals surface area contributed by atoms with E-state index in [2.05, 4.69) is 4.85 Å². The van der Waals surface area contributed by atoms with Gasteiger partial charge < -0.3 is 9.47 Å². The zero-order valence-electron chi connectivity index (χ0n) is 17.3. The van der Waals surface area contributed by atoms with Gasteiger partial charge in [0.25, 0.3) is 0 Å². The molecule has 0 bridgehead atoms. The van der Waals surface area contributed by atoms with Crippen molar-refractivity contribution in [1.82, 2.24) is 0 Å². The highest BCUT2D eigenvalue weighted by Gasteiger charge is 2.09. The van der Waals surface area contributed by atoms with Crippen molar-refractivity contribution in [2.45, 2.75) is 14.9 Å². The normalized spacial score (nSPS) is 9.60. The summed E-state index contributed by atoms with van der Waals surface area (Å²) in [5.41, 5.74) is 3.06. The number of nitriles is 1. The van der Waals surface area contributed by atoms with Crippen molar-refractivity contribution in [2.24, 2.45) is 0 Å². The second-order valence-corrected chi connectivity index (χ2v) is 7.04. The van der Waals surface area contributed by atoms with Gasteiger partial charge in [0.1, 0.15) is 23.1 Å². The molecule has 0 saturated heterocycles. The minimum atomic E-state index is -0.475. The predicted molar refractivity (Wildman–Crippen MR) is 134 cm³/mol. The third kappa shape index (κ3) is 6.22. The maximum Gasteiger partial charge on any atom is 0.230 e. The van der Waals surface area contributed by atoms with E-state index in [0.29, 0.717) is 33.5 Å². The van der Waals surface area contributed by atoms with Gasteiger partial charge in [0.05, 0.1) is 18.2 Å². The van der Waals surface area contributed by atoms with Gasteiger partial charge in [-0.2, -0.15) is 5.26 Å². The summed E-state index contributed by atoms with van der Waals surface area (Å²) in [5, 5.41) is 8.87. The van der Waals surface area contributed by atoms with Crippen LogP contribution in [0.4, 0.5) is 14.5 Å². The van der Waals surface area contributed by atoms with Crippen LogP contribution in [0.15, 0.2) is 84.9 Å². The molecule has 0 N–H and O–H groups in total. The fraction of sp³-hybridized carbons (Fsp3) is 0.103. The number of hydrogen-bond donors (Lipinski definition) is 0. The van der Waals surface area contributed by atoms with Crippen LogP contribution < -0.4 is 9.47 Å². The zero-order valence-corrected chi connectivity index (χ0v) is 17.3. The lowest BCUT2D eigenvalue weighted by Gasteiger charge is -2.11. The Hall–Kier alpha value is -4.68. The lowest BCUT2D eigenvalue weighted by molar-refractivity contribution is 0.119. The Balaban J connectivity index is 0.00000216. The first kappa shape index (κ1) is 26.6. The second kappa shape index (κ2) is 12.0. The van der Waals surface area contributed by atoms with Crippen LogP contribution in [-0.4, -0.2) is 6.79 Å². The molecular formula is C29H24F2N2O2. The third-order valence-corrected chi connectivity index (χ3v) is 4.96. The number of rotatable bonds is 6. The van der Waals surface area contributed by atoms with Crippen LogP contribution in [0.5, 0.6) is 11.5 Å². The molecule has 6 heteroatoms. The van der Waals surface area contributed by atoms with Crippen molar-refractivity contribution >= 4 is 5.69 Å². The molecule has 0 aliphatic heterocycles. The quantitative estimate of drug-likeness (QED) is 0.210. The Morgan fingerprint density at radius 1 is 0.714 bits per heavy atom. The molecule has 0 spiro atoms. The van der Waals surface area contributed by atoms with Crippen molar-refractivity contribution in [2.75, 3.05) is 6.79 Å². The number of nitrogens with zero attached hydrogens (tertiary/aromatic N) is 2. The van der Waals surface area contributed by atoms with Crippen LogP contribution in [0.1, 0.15) is 20.4 Å². The standard InChI is InChI=1S/C27H16F2N2O2.2CH4/c1-31-21-8-6-20(7-9-21)25-13-11-23(15-27(25)29)33-17-32-22-10-12-24(26(28)14-22)19-4-2-18(16-30)3-5-19;;/h2-15H,17H2;2*1H4. The van der Waals surface area contributed by atoms with Crippen LogP contribution in [-0.2, 0) is 0 Å². The van der Waals surface area contributed by atoms with E-state index in [1.54, 1.807) is 72.8 Å². The molecule has 0 amide bonds. The van der Waals surface area contributed by atoms with Crippen LogP contribution in [0, 0.1) is 29.5 Å². The first-order chi connectivity index (χ1) is 16.1. The maximum absolute atomic E-state index is 14.5. The number of ether oxygens (including phenoxy) is 2. The van der Waals surface area contributed by atoms with Gasteiger partial charge in [-0.1, -0.05) is 51.3 Å². The molecule has 0 saturated carbocycles. The van der Waals surface area contributed by atoms with Crippen LogP contribution in [0.25, 0.3) is 27.1 Å². The van der Waals surface area contributed by atoms with E-state index in [1.165, 1.54) is 12.1 Å². The molecule has 0 heterocycles. The summed E-state index contributed by atoms with van der Waals surface area (Å²) in [4.78, 5) is 3.32. The average molecular weight is 471 g/mol. The van der Waals surface area contributed by atoms with E-state index in [0.717, 1.165) is 0 Å². The zero-order chi connectivity index (χ0) is 23.2. The van der Waals surface area contributed by atoms with Gasteiger partial charge in [-0.25, -0.2) is 13.6 Å². The molecule has 0 atom stereocenters. The number of benzene rings is 4. The molecule has 0 aliphatic carbocycles. The minimum absolute atomic E-state index is 0. The lowest BCUT2D eigenvalue weighted by Crippen LogP contribution is -2.06. The Morgan fingerprint density at radius 2 is 1.17 bits per heavy atom. The Morgan fingerprint density at radius 3 is 1.57 bits per heavy atom. The van der Waals surface area contributed by atoms with E-state index in [-0.39, 0.29) is 33.1 Å². The summed E-state index contributed by atoms with van der Waals surface area (Å²) in [5.74, 6) is -0.414. The molecule has 4 nitrogen and oxygen atoms in total. The van der Waals surface area contributed by atoms with Gasteiger partial charge in [0.15, 0.2) is 5.69 Å². The fourth-order valence-electron chi connectivity index (χ4n) is 3.24. The van der Waals surface area contributed by atoms with Crippen molar-refractivity contribution < 1.29 is 18.3 Å². The SMILES string of the molecule is C.C.[C-]#[N+]c1ccc(-c2ccc(OCOc3ccc(-c4ccc(C#N)cc4)c(F)c3)cc2F)cc1. The Bertz CT molecular complexity index is 1260. The number of halogens is 2. The first-order valence-electron chi connectivity index (χ1n) is 9.90. The molecule has 35 heavy (non-hydrogen) atoms. The van der Waals surface area contributed by atoms with Gasteiger partial charge in [0.2, 0.25) is 6.79 Å². The van der Waals surface area contributed by atoms with E-state index < -0.39 is 11.6 Å². The third-order valence-electron chi connectivity index (χ3n) is 4.96. The highest BCUT2D eigenvalue weighted by atomic mass is 19.1. The van der Waals surface area contributed by atoms with E-state index >= 15 is 0 Å². The van der Waals surface area contributed by atoms with Gasteiger partial charge in [-0.15, -0.1) is 0 Å². The summed E-state index contributed by atoms with van der Waals surface area (Å²) in [6, 6.07) is 24.1. The summed E-state index contributed by atoms with van der Waals surface area (Å²) in [6.07, 6.45) is 0. The van der Waals surface area contributed by atoms with Gasteiger partial charge in [0, 0.05) is 23.3 Å². The second-order valence-electron chi connectivity index (χ2n) is 7.04. The fourth-order valence-corrected chi connectivity index (χ4v) is 3.24. The van der Waals surface area contributed by atoms with Crippen LogP contribution >= 0.6 is 0 Å². The highest BCUT2D eigenvalue weighted by molar-refractivity contribution is 5.68. The molecule has 0 aromatic heterocycles. The van der Waals surface area contributed by atoms with Crippen molar-refractivity contribution in [3.05, 3.63) is 114 Å². The molecule has 4 rings (SSSR count). The predicted octanol–water partition coefficient (Wildman–Crippen LogP) is 8.41. The smallest absolute Gasteiger partial charge is 0.230 e. The largest absolute Gasteiger partial charge is 0.457 e. The van der Waals surface area contributed by atoms with Gasteiger partial charge >= 0.3 is 0 Å². The van der Waals surface area contributed by atoms with Crippen LogP contribution in [0.3, 0.4) is 0 Å². The molecule has 4 aromatic carbocycles. The summed E-state index contributed by atoms with van der Waals surface area (Å²) in [7, 11) is 0. The lowest BCUT2D eigenvalue weighted by atomic mass is 10.0. The molecule has 0 fully saturated rings. The van der Waals surface area contributed by atoms with Gasteiger partial charge in [-0.3, -0.25) is 0 Å². The molecule has 0 unspecified atom stereocenters. The highest BCUT2D eigenvalue weighted by Crippen LogP contribution is 2.29. The molecule has 0 radical (unpaired) electrons. The minimum Gasteiger partial charge on any atom is -0.457 e.